The highest BCUT2D eigenvalue weighted by molar-refractivity contribution is 5.38. The molecule has 0 aromatic carbocycles. The zero-order valence-corrected chi connectivity index (χ0v) is 7.45. The second-order valence-electron chi connectivity index (χ2n) is 2.76. The molecule has 1 heterocycles. The fourth-order valence-corrected chi connectivity index (χ4v) is 1.17. The van der Waals surface area contributed by atoms with E-state index in [1.165, 1.54) is 0 Å². The Bertz CT molecular complexity index is 241. The summed E-state index contributed by atoms with van der Waals surface area (Å²) in [5.74, 6) is 0.783. The summed E-state index contributed by atoms with van der Waals surface area (Å²) < 4.78 is 1.80. The van der Waals surface area contributed by atoms with Crippen LogP contribution in [0.2, 0.25) is 0 Å². The van der Waals surface area contributed by atoms with E-state index < -0.39 is 0 Å². The highest BCUT2D eigenvalue weighted by Gasteiger charge is 2.04. The van der Waals surface area contributed by atoms with Crippen LogP contribution < -0.4 is 11.5 Å². The van der Waals surface area contributed by atoms with Crippen LogP contribution >= 0.6 is 0 Å². The molecule has 4 N–H and O–H groups in total. The lowest BCUT2D eigenvalue weighted by Gasteiger charge is -2.00. The first-order valence-corrected chi connectivity index (χ1v) is 4.29. The molecule has 1 aromatic heterocycles. The molecule has 0 saturated carbocycles. The van der Waals surface area contributed by atoms with Gasteiger partial charge in [0, 0.05) is 12.1 Å². The summed E-state index contributed by atoms with van der Waals surface area (Å²) in [5, 5.41) is 4.14. The van der Waals surface area contributed by atoms with Gasteiger partial charge >= 0.3 is 0 Å². The van der Waals surface area contributed by atoms with Gasteiger partial charge in [-0.15, -0.1) is 0 Å². The predicted octanol–water partition coefficient (Wildman–Crippen LogP) is 0.377. The van der Waals surface area contributed by atoms with Crippen molar-refractivity contribution in [3.05, 3.63) is 11.8 Å². The third-order valence-corrected chi connectivity index (χ3v) is 1.91. The summed E-state index contributed by atoms with van der Waals surface area (Å²) in [7, 11) is 0. The van der Waals surface area contributed by atoms with Crippen LogP contribution in [0, 0.1) is 0 Å². The van der Waals surface area contributed by atoms with Gasteiger partial charge in [-0.25, -0.2) is 0 Å². The maximum atomic E-state index is 5.81. The van der Waals surface area contributed by atoms with Crippen molar-refractivity contribution in [2.75, 3.05) is 12.3 Å². The fraction of sp³-hybridized carbons (Fsp3) is 0.625. The minimum absolute atomic E-state index is 0.705. The first-order chi connectivity index (χ1) is 5.79. The molecular weight excluding hydrogens is 152 g/mol. The van der Waals surface area contributed by atoms with Crippen LogP contribution in [-0.4, -0.2) is 16.3 Å². The molecular formula is C8H16N4. The zero-order valence-electron chi connectivity index (χ0n) is 7.45. The SMILES string of the molecule is CCn1ncc(CCCN)c1N. The smallest absolute Gasteiger partial charge is 0.124 e. The third-order valence-electron chi connectivity index (χ3n) is 1.91. The van der Waals surface area contributed by atoms with Crippen molar-refractivity contribution in [1.29, 1.82) is 0 Å². The molecule has 0 spiro atoms. The standard InChI is InChI=1S/C8H16N4/c1-2-12-8(10)7(6-11-12)4-3-5-9/h6H,2-5,9-10H2,1H3. The summed E-state index contributed by atoms with van der Waals surface area (Å²) in [5.41, 5.74) is 12.3. The number of anilines is 1. The van der Waals surface area contributed by atoms with Crippen LogP contribution in [0.15, 0.2) is 6.20 Å². The van der Waals surface area contributed by atoms with Crippen LogP contribution in [0.1, 0.15) is 18.9 Å². The van der Waals surface area contributed by atoms with E-state index in [9.17, 15) is 0 Å². The molecule has 0 bridgehead atoms. The number of nitrogen functional groups attached to an aromatic ring is 1. The summed E-state index contributed by atoms with van der Waals surface area (Å²) >= 11 is 0. The highest BCUT2D eigenvalue weighted by Crippen LogP contribution is 2.12. The van der Waals surface area contributed by atoms with E-state index in [1.807, 2.05) is 13.1 Å². The minimum atomic E-state index is 0.705. The van der Waals surface area contributed by atoms with E-state index >= 15 is 0 Å². The summed E-state index contributed by atoms with van der Waals surface area (Å²) in [6.45, 7) is 3.56. The second-order valence-corrected chi connectivity index (χ2v) is 2.76. The van der Waals surface area contributed by atoms with Crippen LogP contribution in [-0.2, 0) is 13.0 Å². The zero-order chi connectivity index (χ0) is 8.97. The van der Waals surface area contributed by atoms with E-state index in [0.717, 1.165) is 30.8 Å². The van der Waals surface area contributed by atoms with Crippen molar-refractivity contribution in [1.82, 2.24) is 9.78 Å². The van der Waals surface area contributed by atoms with Gasteiger partial charge in [-0.2, -0.15) is 5.10 Å². The largest absolute Gasteiger partial charge is 0.384 e. The molecule has 1 rings (SSSR count). The Hall–Kier alpha value is -1.03. The van der Waals surface area contributed by atoms with Gasteiger partial charge in [-0.1, -0.05) is 0 Å². The number of aryl methyl sites for hydroxylation is 2. The average Bonchev–Trinajstić information content (AvgIpc) is 2.43. The molecule has 1 aromatic rings. The topological polar surface area (TPSA) is 69.9 Å². The van der Waals surface area contributed by atoms with E-state index in [0.29, 0.717) is 6.54 Å². The van der Waals surface area contributed by atoms with Gasteiger partial charge in [0.15, 0.2) is 0 Å². The molecule has 0 atom stereocenters. The number of nitrogens with two attached hydrogens (primary N) is 2. The summed E-state index contributed by atoms with van der Waals surface area (Å²) in [6, 6.07) is 0. The number of aromatic nitrogens is 2. The van der Waals surface area contributed by atoms with Crippen molar-refractivity contribution in [3.63, 3.8) is 0 Å². The average molecular weight is 168 g/mol. The Kier molecular flexibility index (Phi) is 3.10. The Morgan fingerprint density at radius 2 is 2.33 bits per heavy atom. The van der Waals surface area contributed by atoms with Crippen LogP contribution in [0.3, 0.4) is 0 Å². The van der Waals surface area contributed by atoms with Gasteiger partial charge in [0.2, 0.25) is 0 Å². The number of hydrogen-bond acceptors (Lipinski definition) is 3. The molecule has 0 aliphatic heterocycles. The lowest BCUT2D eigenvalue weighted by Crippen LogP contribution is -2.05. The van der Waals surface area contributed by atoms with Crippen LogP contribution in [0.4, 0.5) is 5.82 Å². The normalized spacial score (nSPS) is 10.5. The van der Waals surface area contributed by atoms with Gasteiger partial charge in [0.05, 0.1) is 6.20 Å². The molecule has 0 unspecified atom stereocenters. The minimum Gasteiger partial charge on any atom is -0.384 e. The van der Waals surface area contributed by atoms with Gasteiger partial charge in [-0.05, 0) is 26.3 Å². The van der Waals surface area contributed by atoms with Crippen molar-refractivity contribution >= 4 is 5.82 Å². The van der Waals surface area contributed by atoms with Crippen LogP contribution in [0.25, 0.3) is 0 Å². The number of hydrogen-bond donors (Lipinski definition) is 2. The van der Waals surface area contributed by atoms with E-state index in [4.69, 9.17) is 11.5 Å². The summed E-state index contributed by atoms with van der Waals surface area (Å²) in [6.07, 6.45) is 3.73. The summed E-state index contributed by atoms with van der Waals surface area (Å²) in [4.78, 5) is 0. The molecule has 0 saturated heterocycles. The van der Waals surface area contributed by atoms with E-state index in [-0.39, 0.29) is 0 Å². The van der Waals surface area contributed by atoms with Crippen molar-refractivity contribution in [2.24, 2.45) is 5.73 Å². The quantitative estimate of drug-likeness (QED) is 0.682. The molecule has 4 nitrogen and oxygen atoms in total. The van der Waals surface area contributed by atoms with E-state index in [1.54, 1.807) is 4.68 Å². The Balaban J connectivity index is 2.66. The lowest BCUT2D eigenvalue weighted by atomic mass is 10.2. The number of rotatable bonds is 4. The van der Waals surface area contributed by atoms with Gasteiger partial charge in [0.1, 0.15) is 5.82 Å². The van der Waals surface area contributed by atoms with Crippen molar-refractivity contribution in [2.45, 2.75) is 26.3 Å². The molecule has 0 amide bonds. The Morgan fingerprint density at radius 1 is 1.58 bits per heavy atom. The Labute approximate surface area is 72.5 Å². The van der Waals surface area contributed by atoms with Gasteiger partial charge in [-0.3, -0.25) is 4.68 Å². The third kappa shape index (κ3) is 1.76. The predicted molar refractivity (Wildman–Crippen MR) is 49.7 cm³/mol. The van der Waals surface area contributed by atoms with Gasteiger partial charge in [0.25, 0.3) is 0 Å². The first-order valence-electron chi connectivity index (χ1n) is 4.29. The fourth-order valence-electron chi connectivity index (χ4n) is 1.17. The monoisotopic (exact) mass is 168 g/mol. The first kappa shape index (κ1) is 9.06. The lowest BCUT2D eigenvalue weighted by molar-refractivity contribution is 0.669. The Morgan fingerprint density at radius 3 is 2.83 bits per heavy atom. The molecule has 0 aliphatic rings. The maximum absolute atomic E-state index is 5.81. The maximum Gasteiger partial charge on any atom is 0.124 e. The molecule has 0 fully saturated rings. The molecule has 0 aliphatic carbocycles. The highest BCUT2D eigenvalue weighted by atomic mass is 15.3. The second kappa shape index (κ2) is 4.11. The van der Waals surface area contributed by atoms with Gasteiger partial charge < -0.3 is 11.5 Å². The molecule has 68 valence electrons. The molecule has 4 heteroatoms. The van der Waals surface area contributed by atoms with Crippen molar-refractivity contribution in [3.8, 4) is 0 Å². The van der Waals surface area contributed by atoms with E-state index in [2.05, 4.69) is 5.10 Å². The molecule has 12 heavy (non-hydrogen) atoms. The van der Waals surface area contributed by atoms with Crippen LogP contribution in [0.5, 0.6) is 0 Å². The molecule has 0 radical (unpaired) electrons. The number of nitrogens with zero attached hydrogens (tertiary/aromatic N) is 2. The van der Waals surface area contributed by atoms with Crippen molar-refractivity contribution < 1.29 is 0 Å².